The number of pyridine rings is 1. The van der Waals surface area contributed by atoms with Gasteiger partial charge in [-0.15, -0.1) is 0 Å². The van der Waals surface area contributed by atoms with Crippen molar-refractivity contribution in [3.05, 3.63) is 23.9 Å². The van der Waals surface area contributed by atoms with Crippen molar-refractivity contribution < 1.29 is 9.47 Å². The fourth-order valence-electron chi connectivity index (χ4n) is 1.77. The molecule has 2 heterocycles. The Hall–Kier alpha value is -1.13. The number of hydrogen-bond acceptors (Lipinski definition) is 4. The summed E-state index contributed by atoms with van der Waals surface area (Å²) in [6.07, 6.45) is 2.90. The van der Waals surface area contributed by atoms with E-state index in [0.717, 1.165) is 19.6 Å². The van der Waals surface area contributed by atoms with Gasteiger partial charge in [0.05, 0.1) is 13.2 Å². The minimum atomic E-state index is 0.115. The fourth-order valence-corrected chi connectivity index (χ4v) is 1.77. The second kappa shape index (κ2) is 5.67. The Kier molecular flexibility index (Phi) is 4.19. The van der Waals surface area contributed by atoms with Crippen molar-refractivity contribution >= 4 is 0 Å². The van der Waals surface area contributed by atoms with Crippen LogP contribution in [0.2, 0.25) is 0 Å². The molecule has 2 rings (SSSR count). The molecule has 4 nitrogen and oxygen atoms in total. The lowest BCUT2D eigenvalue weighted by Crippen LogP contribution is -2.35. The molecule has 0 saturated carbocycles. The van der Waals surface area contributed by atoms with E-state index in [1.807, 2.05) is 12.1 Å². The molecule has 1 N–H and O–H groups in total. The summed E-state index contributed by atoms with van der Waals surface area (Å²) in [6, 6.07) is 4.01. The van der Waals surface area contributed by atoms with Gasteiger partial charge in [0.25, 0.3) is 0 Å². The molecule has 100 valence electrons. The Balaban J connectivity index is 1.92. The first-order chi connectivity index (χ1) is 8.53. The zero-order valence-corrected chi connectivity index (χ0v) is 11.4. The summed E-state index contributed by atoms with van der Waals surface area (Å²) in [7, 11) is 0. The molecule has 1 aromatic rings. The van der Waals surface area contributed by atoms with Gasteiger partial charge in [-0.2, -0.15) is 0 Å². The van der Waals surface area contributed by atoms with E-state index in [4.69, 9.17) is 9.47 Å². The van der Waals surface area contributed by atoms with Gasteiger partial charge in [-0.25, -0.2) is 4.98 Å². The molecule has 18 heavy (non-hydrogen) atoms. The van der Waals surface area contributed by atoms with Crippen molar-refractivity contribution in [2.24, 2.45) is 0 Å². The first-order valence-corrected chi connectivity index (χ1v) is 6.47. The highest BCUT2D eigenvalue weighted by Crippen LogP contribution is 2.16. The van der Waals surface area contributed by atoms with E-state index < -0.39 is 0 Å². The van der Waals surface area contributed by atoms with Gasteiger partial charge in [-0.1, -0.05) is 0 Å². The predicted molar refractivity (Wildman–Crippen MR) is 70.7 cm³/mol. The van der Waals surface area contributed by atoms with Crippen molar-refractivity contribution in [1.82, 2.24) is 10.3 Å². The molecule has 0 amide bonds. The molecule has 1 aliphatic rings. The number of ether oxygens (including phenoxy) is 2. The van der Waals surface area contributed by atoms with Crippen LogP contribution in [0.15, 0.2) is 18.3 Å². The average Bonchev–Trinajstić information content (AvgIpc) is 2.79. The molecule has 4 heteroatoms. The highest BCUT2D eigenvalue weighted by atomic mass is 16.5. The average molecular weight is 250 g/mol. The molecule has 0 aromatic carbocycles. The van der Waals surface area contributed by atoms with Crippen molar-refractivity contribution in [3.8, 4) is 5.88 Å². The van der Waals surface area contributed by atoms with Crippen LogP contribution in [0.3, 0.4) is 0 Å². The Bertz CT molecular complexity index is 382. The molecule has 1 fully saturated rings. The first kappa shape index (κ1) is 13.3. The van der Waals surface area contributed by atoms with Crippen LogP contribution in [-0.2, 0) is 11.3 Å². The molecule has 1 aliphatic heterocycles. The van der Waals surface area contributed by atoms with Crippen LogP contribution in [0.4, 0.5) is 0 Å². The van der Waals surface area contributed by atoms with Gasteiger partial charge in [0, 0.05) is 30.8 Å². The Labute approximate surface area is 109 Å². The number of nitrogens with one attached hydrogen (secondary N) is 1. The third kappa shape index (κ3) is 4.27. The minimum Gasteiger partial charge on any atom is -0.472 e. The van der Waals surface area contributed by atoms with Gasteiger partial charge in [0.15, 0.2) is 0 Å². The second-order valence-corrected chi connectivity index (χ2v) is 5.71. The molecule has 1 saturated heterocycles. The maximum atomic E-state index is 5.78. The Morgan fingerprint density at radius 1 is 1.50 bits per heavy atom. The summed E-state index contributed by atoms with van der Waals surface area (Å²) in [5, 5.41) is 3.45. The van der Waals surface area contributed by atoms with E-state index in [2.05, 4.69) is 31.1 Å². The second-order valence-electron chi connectivity index (χ2n) is 5.71. The topological polar surface area (TPSA) is 43.4 Å². The maximum absolute atomic E-state index is 5.78. The van der Waals surface area contributed by atoms with Crippen molar-refractivity contribution in [2.75, 3.05) is 13.2 Å². The van der Waals surface area contributed by atoms with E-state index in [0.29, 0.717) is 12.5 Å². The highest BCUT2D eigenvalue weighted by molar-refractivity contribution is 5.20. The Morgan fingerprint density at radius 3 is 3.00 bits per heavy atom. The number of nitrogens with zero attached hydrogens (tertiary/aromatic N) is 1. The third-order valence-electron chi connectivity index (χ3n) is 2.80. The van der Waals surface area contributed by atoms with Crippen LogP contribution in [-0.4, -0.2) is 29.8 Å². The van der Waals surface area contributed by atoms with Crippen LogP contribution in [0.25, 0.3) is 0 Å². The zero-order valence-electron chi connectivity index (χ0n) is 11.4. The van der Waals surface area contributed by atoms with E-state index in [1.54, 1.807) is 6.20 Å². The lowest BCUT2D eigenvalue weighted by atomic mass is 10.1. The molecular formula is C14H22N2O2. The maximum Gasteiger partial charge on any atom is 0.213 e. The summed E-state index contributed by atoms with van der Waals surface area (Å²) in [4.78, 5) is 4.24. The van der Waals surface area contributed by atoms with Crippen LogP contribution in [0, 0.1) is 0 Å². The summed E-state index contributed by atoms with van der Waals surface area (Å²) >= 11 is 0. The summed E-state index contributed by atoms with van der Waals surface area (Å²) in [5.41, 5.74) is 1.30. The van der Waals surface area contributed by atoms with Gasteiger partial charge >= 0.3 is 0 Å². The molecule has 0 bridgehead atoms. The fraction of sp³-hybridized carbons (Fsp3) is 0.643. The molecular weight excluding hydrogens is 228 g/mol. The molecule has 0 spiro atoms. The standard InChI is InChI=1S/C14H22N2O2/c1-14(2,3)16-9-11-4-6-15-13(8-11)18-12-5-7-17-10-12/h4,6,8,12,16H,5,7,9-10H2,1-3H3. The highest BCUT2D eigenvalue weighted by Gasteiger charge is 2.17. The van der Waals surface area contributed by atoms with Crippen molar-refractivity contribution in [1.29, 1.82) is 0 Å². The smallest absolute Gasteiger partial charge is 0.213 e. The van der Waals surface area contributed by atoms with Gasteiger partial charge < -0.3 is 14.8 Å². The monoisotopic (exact) mass is 250 g/mol. The SMILES string of the molecule is CC(C)(C)NCc1ccnc(OC2CCOC2)c1. The van der Waals surface area contributed by atoms with E-state index in [-0.39, 0.29) is 11.6 Å². The van der Waals surface area contributed by atoms with E-state index in [1.165, 1.54) is 5.56 Å². The molecule has 1 unspecified atom stereocenters. The lowest BCUT2D eigenvalue weighted by Gasteiger charge is -2.20. The zero-order chi connectivity index (χ0) is 13.0. The number of rotatable bonds is 4. The van der Waals surface area contributed by atoms with Gasteiger partial charge in [-0.3, -0.25) is 0 Å². The number of hydrogen-bond donors (Lipinski definition) is 1. The summed E-state index contributed by atoms with van der Waals surface area (Å²) in [5.74, 6) is 0.693. The minimum absolute atomic E-state index is 0.115. The van der Waals surface area contributed by atoms with Gasteiger partial charge in [0.1, 0.15) is 6.10 Å². The van der Waals surface area contributed by atoms with Crippen molar-refractivity contribution in [2.45, 2.75) is 45.4 Å². The first-order valence-electron chi connectivity index (χ1n) is 6.47. The van der Waals surface area contributed by atoms with E-state index >= 15 is 0 Å². The normalized spacial score (nSPS) is 20.1. The van der Waals surface area contributed by atoms with E-state index in [9.17, 15) is 0 Å². The van der Waals surface area contributed by atoms with Crippen LogP contribution >= 0.6 is 0 Å². The van der Waals surface area contributed by atoms with Gasteiger partial charge in [0.2, 0.25) is 5.88 Å². The lowest BCUT2D eigenvalue weighted by molar-refractivity contribution is 0.138. The summed E-state index contributed by atoms with van der Waals surface area (Å²) < 4.78 is 11.1. The van der Waals surface area contributed by atoms with Crippen molar-refractivity contribution in [3.63, 3.8) is 0 Å². The Morgan fingerprint density at radius 2 is 2.33 bits per heavy atom. The molecule has 1 atom stereocenters. The molecule has 0 aliphatic carbocycles. The summed E-state index contributed by atoms with van der Waals surface area (Å²) in [6.45, 7) is 8.75. The quantitative estimate of drug-likeness (QED) is 0.889. The third-order valence-corrected chi connectivity index (χ3v) is 2.80. The van der Waals surface area contributed by atoms with Crippen LogP contribution in [0.5, 0.6) is 5.88 Å². The van der Waals surface area contributed by atoms with Crippen LogP contribution < -0.4 is 10.1 Å². The largest absolute Gasteiger partial charge is 0.472 e. The molecule has 1 aromatic heterocycles. The number of aromatic nitrogens is 1. The van der Waals surface area contributed by atoms with Crippen LogP contribution in [0.1, 0.15) is 32.8 Å². The molecule has 0 radical (unpaired) electrons. The van der Waals surface area contributed by atoms with Gasteiger partial charge in [-0.05, 0) is 32.4 Å². The predicted octanol–water partition coefficient (Wildman–Crippen LogP) is 2.14.